The van der Waals surface area contributed by atoms with E-state index in [9.17, 15) is 9.18 Å². The first-order valence-corrected chi connectivity index (χ1v) is 9.28. The maximum atomic E-state index is 13.9. The van der Waals surface area contributed by atoms with Crippen molar-refractivity contribution in [1.82, 2.24) is 5.32 Å². The van der Waals surface area contributed by atoms with Crippen molar-refractivity contribution in [1.29, 1.82) is 0 Å². The Morgan fingerprint density at radius 3 is 2.62 bits per heavy atom. The molecule has 3 aromatic rings. The van der Waals surface area contributed by atoms with E-state index in [4.69, 9.17) is 10.2 Å². The molecule has 0 spiro atoms. The van der Waals surface area contributed by atoms with Crippen LogP contribution in [0.3, 0.4) is 0 Å². The van der Waals surface area contributed by atoms with Gasteiger partial charge in [0.15, 0.2) is 5.76 Å². The molecule has 0 aliphatic carbocycles. The molecule has 0 atom stereocenters. The summed E-state index contributed by atoms with van der Waals surface area (Å²) in [5.74, 6) is 0.0801. The molecule has 0 saturated carbocycles. The summed E-state index contributed by atoms with van der Waals surface area (Å²) in [4.78, 5) is 13.2. The first-order valence-electron chi connectivity index (χ1n) is 8.30. The minimum atomic E-state index is -0.524. The summed E-state index contributed by atoms with van der Waals surface area (Å²) in [7, 11) is 0. The number of rotatable bonds is 6. The molecule has 2 aromatic carbocycles. The van der Waals surface area contributed by atoms with Crippen molar-refractivity contribution < 1.29 is 13.6 Å². The predicted molar refractivity (Wildman–Crippen MR) is 103 cm³/mol. The lowest BCUT2D eigenvalue weighted by atomic mass is 10.1. The third-order valence-electron chi connectivity index (χ3n) is 3.82. The first kappa shape index (κ1) is 18.5. The Morgan fingerprint density at radius 1 is 1.19 bits per heavy atom. The van der Waals surface area contributed by atoms with Crippen molar-refractivity contribution in [3.63, 3.8) is 0 Å². The lowest BCUT2D eigenvalue weighted by Crippen LogP contribution is -2.45. The van der Waals surface area contributed by atoms with Crippen LogP contribution in [0.1, 0.15) is 30.0 Å². The van der Waals surface area contributed by atoms with Crippen LogP contribution in [-0.4, -0.2) is 18.0 Å². The van der Waals surface area contributed by atoms with E-state index in [2.05, 4.69) is 5.32 Å². The lowest BCUT2D eigenvalue weighted by Gasteiger charge is -2.18. The Balaban J connectivity index is 1.89. The van der Waals surface area contributed by atoms with Crippen LogP contribution in [0.15, 0.2) is 57.8 Å². The SMILES string of the molecule is CC(C)(N)CNC(=O)c1oc2ccccc2c1CSc1ccccc1F. The van der Waals surface area contributed by atoms with Crippen LogP contribution >= 0.6 is 11.8 Å². The number of para-hydroxylation sites is 1. The van der Waals surface area contributed by atoms with Gasteiger partial charge in [-0.15, -0.1) is 11.8 Å². The highest BCUT2D eigenvalue weighted by molar-refractivity contribution is 7.98. The minimum Gasteiger partial charge on any atom is -0.451 e. The highest BCUT2D eigenvalue weighted by Crippen LogP contribution is 2.33. The average molecular weight is 372 g/mol. The molecule has 0 aliphatic heterocycles. The maximum Gasteiger partial charge on any atom is 0.287 e. The van der Waals surface area contributed by atoms with Gasteiger partial charge < -0.3 is 15.5 Å². The lowest BCUT2D eigenvalue weighted by molar-refractivity contribution is 0.0919. The Kier molecular flexibility index (Phi) is 5.34. The molecule has 0 saturated heterocycles. The second-order valence-electron chi connectivity index (χ2n) is 6.80. The summed E-state index contributed by atoms with van der Waals surface area (Å²) in [5.41, 5.74) is 6.80. The molecule has 0 bridgehead atoms. The molecule has 0 unspecified atom stereocenters. The number of carbonyl (C=O) groups excluding carboxylic acids is 1. The molecule has 0 aliphatic rings. The van der Waals surface area contributed by atoms with Crippen molar-refractivity contribution in [2.45, 2.75) is 30.0 Å². The summed E-state index contributed by atoms with van der Waals surface area (Å²) in [6, 6.07) is 14.0. The standard InChI is InChI=1S/C20H21FN2O2S/c1-20(2,22)12-23-19(24)18-14(13-7-3-5-9-16(13)25-18)11-26-17-10-6-4-8-15(17)21/h3-10H,11-12,22H2,1-2H3,(H,23,24). The molecule has 0 fully saturated rings. The van der Waals surface area contributed by atoms with E-state index in [0.29, 0.717) is 22.8 Å². The predicted octanol–water partition coefficient (Wildman–Crippen LogP) is 4.33. The van der Waals surface area contributed by atoms with E-state index in [-0.39, 0.29) is 17.5 Å². The van der Waals surface area contributed by atoms with Gasteiger partial charge in [-0.1, -0.05) is 30.3 Å². The van der Waals surface area contributed by atoms with E-state index < -0.39 is 5.54 Å². The van der Waals surface area contributed by atoms with Crippen LogP contribution in [0.4, 0.5) is 4.39 Å². The van der Waals surface area contributed by atoms with Crippen molar-refractivity contribution in [3.05, 3.63) is 65.7 Å². The van der Waals surface area contributed by atoms with E-state index >= 15 is 0 Å². The van der Waals surface area contributed by atoms with Gasteiger partial charge in [-0.3, -0.25) is 4.79 Å². The van der Waals surface area contributed by atoms with Crippen LogP contribution in [0.5, 0.6) is 0 Å². The largest absolute Gasteiger partial charge is 0.451 e. The second-order valence-corrected chi connectivity index (χ2v) is 7.81. The van der Waals surface area contributed by atoms with Crippen molar-refractivity contribution in [2.24, 2.45) is 5.73 Å². The van der Waals surface area contributed by atoms with Crippen molar-refractivity contribution >= 4 is 28.6 Å². The topological polar surface area (TPSA) is 68.3 Å². The highest BCUT2D eigenvalue weighted by Gasteiger charge is 2.22. The number of hydrogen-bond acceptors (Lipinski definition) is 4. The van der Waals surface area contributed by atoms with Gasteiger partial charge in [0, 0.05) is 33.7 Å². The zero-order chi connectivity index (χ0) is 18.7. The molecular formula is C20H21FN2O2S. The molecule has 1 amide bonds. The van der Waals surface area contributed by atoms with Gasteiger partial charge in [0.05, 0.1) is 0 Å². The average Bonchev–Trinajstić information content (AvgIpc) is 2.97. The fraction of sp³-hybridized carbons (Fsp3) is 0.250. The Morgan fingerprint density at radius 2 is 1.88 bits per heavy atom. The second kappa shape index (κ2) is 7.51. The molecule has 1 heterocycles. The van der Waals surface area contributed by atoms with Gasteiger partial charge >= 0.3 is 0 Å². The number of nitrogens with one attached hydrogen (secondary N) is 1. The number of amides is 1. The van der Waals surface area contributed by atoms with Gasteiger partial charge in [0.1, 0.15) is 11.4 Å². The molecule has 26 heavy (non-hydrogen) atoms. The third kappa shape index (κ3) is 4.26. The van der Waals surface area contributed by atoms with E-state index in [1.807, 2.05) is 38.1 Å². The van der Waals surface area contributed by atoms with Crippen LogP contribution in [0.2, 0.25) is 0 Å². The maximum absolute atomic E-state index is 13.9. The number of hydrogen-bond donors (Lipinski definition) is 2. The number of fused-ring (bicyclic) bond motifs is 1. The molecule has 6 heteroatoms. The van der Waals surface area contributed by atoms with E-state index in [1.165, 1.54) is 17.8 Å². The van der Waals surface area contributed by atoms with Crippen LogP contribution in [0, 0.1) is 5.82 Å². The molecule has 3 N–H and O–H groups in total. The molecular weight excluding hydrogens is 351 g/mol. The smallest absolute Gasteiger partial charge is 0.287 e. The normalized spacial score (nSPS) is 11.7. The van der Waals surface area contributed by atoms with Gasteiger partial charge in [-0.05, 0) is 32.0 Å². The number of furan rings is 1. The molecule has 1 aromatic heterocycles. The zero-order valence-corrected chi connectivity index (χ0v) is 15.5. The minimum absolute atomic E-state index is 0.249. The monoisotopic (exact) mass is 372 g/mol. The van der Waals surface area contributed by atoms with E-state index in [1.54, 1.807) is 18.2 Å². The van der Waals surface area contributed by atoms with Crippen LogP contribution in [0.25, 0.3) is 11.0 Å². The summed E-state index contributed by atoms with van der Waals surface area (Å²) in [6.07, 6.45) is 0. The summed E-state index contributed by atoms with van der Waals surface area (Å²) in [5, 5.41) is 3.66. The summed E-state index contributed by atoms with van der Waals surface area (Å²) >= 11 is 1.34. The third-order valence-corrected chi connectivity index (χ3v) is 4.89. The zero-order valence-electron chi connectivity index (χ0n) is 14.7. The van der Waals surface area contributed by atoms with Crippen molar-refractivity contribution in [3.8, 4) is 0 Å². The van der Waals surface area contributed by atoms with Crippen LogP contribution in [-0.2, 0) is 5.75 Å². The number of benzene rings is 2. The Bertz CT molecular complexity index is 931. The summed E-state index contributed by atoms with van der Waals surface area (Å²) < 4.78 is 19.7. The number of nitrogens with two attached hydrogens (primary N) is 1. The van der Waals surface area contributed by atoms with Crippen molar-refractivity contribution in [2.75, 3.05) is 6.54 Å². The molecule has 136 valence electrons. The summed E-state index contributed by atoms with van der Waals surface area (Å²) in [6.45, 7) is 3.99. The fourth-order valence-electron chi connectivity index (χ4n) is 2.53. The number of thioether (sulfide) groups is 1. The van der Waals surface area contributed by atoms with Crippen LogP contribution < -0.4 is 11.1 Å². The fourth-order valence-corrected chi connectivity index (χ4v) is 3.49. The Hall–Kier alpha value is -2.31. The number of carbonyl (C=O) groups is 1. The van der Waals surface area contributed by atoms with E-state index in [0.717, 1.165) is 10.9 Å². The molecule has 3 rings (SSSR count). The molecule has 0 radical (unpaired) electrons. The highest BCUT2D eigenvalue weighted by atomic mass is 32.2. The van der Waals surface area contributed by atoms with Gasteiger partial charge in [-0.25, -0.2) is 4.39 Å². The van der Waals surface area contributed by atoms with Gasteiger partial charge in [0.25, 0.3) is 5.91 Å². The Labute approximate surface area is 155 Å². The number of halogens is 1. The van der Waals surface area contributed by atoms with Gasteiger partial charge in [0.2, 0.25) is 0 Å². The quantitative estimate of drug-likeness (QED) is 0.632. The first-order chi connectivity index (χ1) is 12.3. The molecule has 4 nitrogen and oxygen atoms in total. The van der Waals surface area contributed by atoms with Gasteiger partial charge in [-0.2, -0.15) is 0 Å².